The third-order valence-electron chi connectivity index (χ3n) is 2.24. The second-order valence-electron chi connectivity index (χ2n) is 3.49. The summed E-state index contributed by atoms with van der Waals surface area (Å²) in [5.41, 5.74) is 11.7. The number of nitrogens with two attached hydrogens (primary N) is 2. The molecule has 16 heavy (non-hydrogen) atoms. The van der Waals surface area contributed by atoms with Gasteiger partial charge < -0.3 is 11.5 Å². The van der Waals surface area contributed by atoms with Crippen LogP contribution in [0.5, 0.6) is 0 Å². The molecule has 2 nitrogen and oxygen atoms in total. The highest BCUT2D eigenvalue weighted by Crippen LogP contribution is 2.28. The van der Waals surface area contributed by atoms with E-state index in [2.05, 4.69) is 0 Å². The summed E-state index contributed by atoms with van der Waals surface area (Å²) < 4.78 is 27.1. The molecule has 0 saturated carbocycles. The molecule has 0 spiro atoms. The number of hydrogen-bond donors (Lipinski definition) is 2. The smallest absolute Gasteiger partial charge is 0.136 e. The predicted molar refractivity (Wildman–Crippen MR) is 60.6 cm³/mol. The molecule has 0 aromatic heterocycles. The summed E-state index contributed by atoms with van der Waals surface area (Å²) in [6.45, 7) is 0. The molecule has 0 bridgehead atoms. The third-order valence-corrected chi connectivity index (χ3v) is 2.24. The summed E-state index contributed by atoms with van der Waals surface area (Å²) in [6, 6.07) is 8.56. The van der Waals surface area contributed by atoms with E-state index < -0.39 is 11.6 Å². The van der Waals surface area contributed by atoms with Crippen molar-refractivity contribution < 1.29 is 8.78 Å². The Morgan fingerprint density at radius 1 is 0.812 bits per heavy atom. The maximum Gasteiger partial charge on any atom is 0.136 e. The number of benzene rings is 2. The van der Waals surface area contributed by atoms with Crippen molar-refractivity contribution in [2.24, 2.45) is 0 Å². The van der Waals surface area contributed by atoms with Gasteiger partial charge in [-0.15, -0.1) is 0 Å². The van der Waals surface area contributed by atoms with E-state index in [1.807, 2.05) is 0 Å². The average Bonchev–Trinajstić information content (AvgIpc) is 2.15. The van der Waals surface area contributed by atoms with Crippen LogP contribution in [0.2, 0.25) is 0 Å². The number of anilines is 2. The molecule has 0 fully saturated rings. The monoisotopic (exact) mass is 220 g/mol. The summed E-state index contributed by atoms with van der Waals surface area (Å²) in [5.74, 6) is -1.38. The molecule has 4 N–H and O–H groups in total. The van der Waals surface area contributed by atoms with E-state index in [0.29, 0.717) is 11.3 Å². The first-order valence-electron chi connectivity index (χ1n) is 4.68. The second-order valence-corrected chi connectivity index (χ2v) is 3.49. The van der Waals surface area contributed by atoms with Gasteiger partial charge in [-0.3, -0.25) is 0 Å². The molecular formula is C12H10F2N2. The maximum absolute atomic E-state index is 13.6. The van der Waals surface area contributed by atoms with E-state index in [9.17, 15) is 8.78 Å². The number of hydrogen-bond acceptors (Lipinski definition) is 2. The van der Waals surface area contributed by atoms with Crippen molar-refractivity contribution in [1.29, 1.82) is 0 Å². The fraction of sp³-hybridized carbons (Fsp3) is 0. The summed E-state index contributed by atoms with van der Waals surface area (Å²) in [6.07, 6.45) is 0. The molecule has 2 rings (SSSR count). The van der Waals surface area contributed by atoms with Crippen LogP contribution in [0.4, 0.5) is 20.2 Å². The Morgan fingerprint density at radius 2 is 1.44 bits per heavy atom. The van der Waals surface area contributed by atoms with Crippen molar-refractivity contribution in [2.45, 2.75) is 0 Å². The Kier molecular flexibility index (Phi) is 2.48. The van der Waals surface area contributed by atoms with Crippen LogP contribution in [-0.4, -0.2) is 0 Å². The molecule has 0 unspecified atom stereocenters. The van der Waals surface area contributed by atoms with Crippen molar-refractivity contribution in [3.8, 4) is 11.1 Å². The first-order valence-corrected chi connectivity index (χ1v) is 4.68. The standard InChI is InChI=1S/C12H10F2N2/c13-10-5-9(16)6-11(14)12(10)7-2-1-3-8(15)4-7/h1-6H,15-16H2. The van der Waals surface area contributed by atoms with Crippen LogP contribution in [0.15, 0.2) is 36.4 Å². The van der Waals surface area contributed by atoms with Gasteiger partial charge in [0.05, 0.1) is 5.56 Å². The number of rotatable bonds is 1. The van der Waals surface area contributed by atoms with Gasteiger partial charge in [0, 0.05) is 11.4 Å². The van der Waals surface area contributed by atoms with Crippen LogP contribution >= 0.6 is 0 Å². The Morgan fingerprint density at radius 3 is 2.00 bits per heavy atom. The lowest BCUT2D eigenvalue weighted by atomic mass is 10.0. The molecule has 0 heterocycles. The molecule has 0 aliphatic heterocycles. The zero-order valence-corrected chi connectivity index (χ0v) is 8.37. The van der Waals surface area contributed by atoms with Gasteiger partial charge >= 0.3 is 0 Å². The summed E-state index contributed by atoms with van der Waals surface area (Å²) in [4.78, 5) is 0. The van der Waals surface area contributed by atoms with Gasteiger partial charge in [0.1, 0.15) is 11.6 Å². The van der Waals surface area contributed by atoms with E-state index in [1.165, 1.54) is 6.07 Å². The van der Waals surface area contributed by atoms with E-state index in [1.54, 1.807) is 18.2 Å². The van der Waals surface area contributed by atoms with E-state index in [0.717, 1.165) is 12.1 Å². The zero-order valence-electron chi connectivity index (χ0n) is 8.37. The highest BCUT2D eigenvalue weighted by atomic mass is 19.1. The Bertz CT molecular complexity index is 515. The van der Waals surface area contributed by atoms with Crippen LogP contribution in [0, 0.1) is 11.6 Å². The quantitative estimate of drug-likeness (QED) is 0.726. The van der Waals surface area contributed by atoms with E-state index >= 15 is 0 Å². The first-order chi connectivity index (χ1) is 7.58. The van der Waals surface area contributed by atoms with E-state index in [4.69, 9.17) is 11.5 Å². The van der Waals surface area contributed by atoms with Crippen LogP contribution in [0.3, 0.4) is 0 Å². The zero-order chi connectivity index (χ0) is 11.7. The molecule has 0 radical (unpaired) electrons. The normalized spacial score (nSPS) is 10.4. The van der Waals surface area contributed by atoms with Gasteiger partial charge in [-0.25, -0.2) is 8.78 Å². The lowest BCUT2D eigenvalue weighted by Gasteiger charge is -2.07. The Balaban J connectivity index is 2.64. The molecule has 4 heteroatoms. The van der Waals surface area contributed by atoms with Gasteiger partial charge in [-0.1, -0.05) is 12.1 Å². The molecule has 0 aliphatic rings. The van der Waals surface area contributed by atoms with Gasteiger partial charge in [-0.2, -0.15) is 0 Å². The highest BCUT2D eigenvalue weighted by molar-refractivity contribution is 5.70. The van der Waals surface area contributed by atoms with Crippen LogP contribution in [0.1, 0.15) is 0 Å². The second kappa shape index (κ2) is 3.81. The van der Waals surface area contributed by atoms with Crippen LogP contribution in [-0.2, 0) is 0 Å². The molecule has 0 atom stereocenters. The van der Waals surface area contributed by atoms with E-state index in [-0.39, 0.29) is 11.3 Å². The van der Waals surface area contributed by atoms with Gasteiger partial charge in [0.2, 0.25) is 0 Å². The summed E-state index contributed by atoms with van der Waals surface area (Å²) in [7, 11) is 0. The molecule has 0 aliphatic carbocycles. The molecular weight excluding hydrogens is 210 g/mol. The van der Waals surface area contributed by atoms with Crippen molar-refractivity contribution in [3.05, 3.63) is 48.0 Å². The fourth-order valence-corrected chi connectivity index (χ4v) is 1.56. The van der Waals surface area contributed by atoms with Gasteiger partial charge in [0.15, 0.2) is 0 Å². The Labute approximate surface area is 91.5 Å². The number of halogens is 2. The lowest BCUT2D eigenvalue weighted by Crippen LogP contribution is -1.95. The molecule has 0 amide bonds. The van der Waals surface area contributed by atoms with Crippen molar-refractivity contribution in [2.75, 3.05) is 11.5 Å². The minimum Gasteiger partial charge on any atom is -0.399 e. The molecule has 82 valence electrons. The van der Waals surface area contributed by atoms with Crippen LogP contribution < -0.4 is 11.5 Å². The molecule has 0 saturated heterocycles. The van der Waals surface area contributed by atoms with Gasteiger partial charge in [0.25, 0.3) is 0 Å². The predicted octanol–water partition coefficient (Wildman–Crippen LogP) is 2.80. The largest absolute Gasteiger partial charge is 0.399 e. The van der Waals surface area contributed by atoms with Gasteiger partial charge in [-0.05, 0) is 29.8 Å². The highest BCUT2D eigenvalue weighted by Gasteiger charge is 2.12. The maximum atomic E-state index is 13.6. The van der Waals surface area contributed by atoms with Crippen molar-refractivity contribution in [3.63, 3.8) is 0 Å². The topological polar surface area (TPSA) is 52.0 Å². The minimum absolute atomic E-state index is 0.0580. The first kappa shape index (κ1) is 10.4. The summed E-state index contributed by atoms with van der Waals surface area (Å²) >= 11 is 0. The molecule has 2 aromatic carbocycles. The fourth-order valence-electron chi connectivity index (χ4n) is 1.56. The Hall–Kier alpha value is -2.10. The number of nitrogen functional groups attached to an aromatic ring is 2. The third kappa shape index (κ3) is 1.82. The van der Waals surface area contributed by atoms with Crippen molar-refractivity contribution >= 4 is 11.4 Å². The minimum atomic E-state index is -0.692. The SMILES string of the molecule is Nc1cccc(-c2c(F)cc(N)cc2F)c1. The summed E-state index contributed by atoms with van der Waals surface area (Å²) in [5, 5.41) is 0. The van der Waals surface area contributed by atoms with Crippen LogP contribution in [0.25, 0.3) is 11.1 Å². The average molecular weight is 220 g/mol. The lowest BCUT2D eigenvalue weighted by molar-refractivity contribution is 0.591. The van der Waals surface area contributed by atoms with Crippen molar-refractivity contribution in [1.82, 2.24) is 0 Å². The molecule has 2 aromatic rings.